The van der Waals surface area contributed by atoms with Crippen LogP contribution in [0.4, 0.5) is 0 Å². The molecule has 0 fully saturated rings. The fraction of sp³-hybridized carbons (Fsp3) is 0.385. The first-order valence-electron chi connectivity index (χ1n) is 5.65. The number of aryl methyl sites for hydroxylation is 1. The lowest BCUT2D eigenvalue weighted by Gasteiger charge is -2.10. The van der Waals surface area contributed by atoms with Crippen molar-refractivity contribution in [1.82, 2.24) is 9.97 Å². The molecule has 0 aliphatic carbocycles. The minimum Gasteiger partial charge on any atom is -0.497 e. The number of ether oxygens (including phenoxy) is 2. The minimum atomic E-state index is 0.746. The number of fused-ring (bicyclic) bond motifs is 1. The average Bonchev–Trinajstić information content (AvgIpc) is 2.38. The van der Waals surface area contributed by atoms with Crippen LogP contribution in [0, 0.1) is 0 Å². The Balaban J connectivity index is 2.70. The van der Waals surface area contributed by atoms with Gasteiger partial charge in [0.2, 0.25) is 0 Å². The summed E-state index contributed by atoms with van der Waals surface area (Å²) < 4.78 is 10.6. The van der Waals surface area contributed by atoms with Gasteiger partial charge in [-0.05, 0) is 6.42 Å². The number of nitrogens with zero attached hydrogens (tertiary/aromatic N) is 2. The Morgan fingerprint density at radius 2 is 1.94 bits per heavy atom. The second kappa shape index (κ2) is 4.99. The van der Waals surface area contributed by atoms with Gasteiger partial charge in [-0.2, -0.15) is 0 Å². The SMILES string of the molecule is CCCc1ncnc2cc(OC)cc(OC)c12. The molecule has 2 aromatic rings. The summed E-state index contributed by atoms with van der Waals surface area (Å²) in [5, 5.41) is 0.984. The Hall–Kier alpha value is -1.84. The van der Waals surface area contributed by atoms with Gasteiger partial charge < -0.3 is 9.47 Å². The van der Waals surface area contributed by atoms with Crippen molar-refractivity contribution in [3.63, 3.8) is 0 Å². The van der Waals surface area contributed by atoms with Gasteiger partial charge in [-0.3, -0.25) is 0 Å². The summed E-state index contributed by atoms with van der Waals surface area (Å²) in [6, 6.07) is 3.77. The van der Waals surface area contributed by atoms with Crippen molar-refractivity contribution in [3.8, 4) is 11.5 Å². The van der Waals surface area contributed by atoms with Gasteiger partial charge in [0.1, 0.15) is 17.8 Å². The Morgan fingerprint density at radius 1 is 1.12 bits per heavy atom. The van der Waals surface area contributed by atoms with Crippen LogP contribution in [-0.4, -0.2) is 24.2 Å². The summed E-state index contributed by atoms with van der Waals surface area (Å²) in [5.41, 5.74) is 1.89. The van der Waals surface area contributed by atoms with E-state index in [1.807, 2.05) is 12.1 Å². The summed E-state index contributed by atoms with van der Waals surface area (Å²) in [7, 11) is 3.28. The molecule has 0 unspecified atom stereocenters. The van der Waals surface area contributed by atoms with Crippen LogP contribution in [0.2, 0.25) is 0 Å². The maximum Gasteiger partial charge on any atom is 0.133 e. The van der Waals surface area contributed by atoms with E-state index in [2.05, 4.69) is 16.9 Å². The van der Waals surface area contributed by atoms with E-state index in [0.717, 1.165) is 40.9 Å². The van der Waals surface area contributed by atoms with Gasteiger partial charge in [0.05, 0.1) is 30.8 Å². The Labute approximate surface area is 101 Å². The normalized spacial score (nSPS) is 10.5. The standard InChI is InChI=1S/C13H16N2O2/c1-4-5-10-13-11(15-8-14-10)6-9(16-2)7-12(13)17-3/h6-8H,4-5H2,1-3H3. The van der Waals surface area contributed by atoms with Crippen molar-refractivity contribution in [1.29, 1.82) is 0 Å². The molecule has 4 nitrogen and oxygen atoms in total. The van der Waals surface area contributed by atoms with Crippen molar-refractivity contribution >= 4 is 10.9 Å². The van der Waals surface area contributed by atoms with Crippen molar-refractivity contribution in [2.45, 2.75) is 19.8 Å². The van der Waals surface area contributed by atoms with Gasteiger partial charge in [-0.15, -0.1) is 0 Å². The molecule has 0 atom stereocenters. The van der Waals surface area contributed by atoms with Crippen LogP contribution in [0.5, 0.6) is 11.5 Å². The maximum absolute atomic E-state index is 5.40. The Morgan fingerprint density at radius 3 is 2.59 bits per heavy atom. The number of hydrogen-bond donors (Lipinski definition) is 0. The first kappa shape index (κ1) is 11.6. The van der Waals surface area contributed by atoms with Gasteiger partial charge >= 0.3 is 0 Å². The molecule has 0 aliphatic rings. The van der Waals surface area contributed by atoms with Crippen molar-refractivity contribution in [3.05, 3.63) is 24.2 Å². The van der Waals surface area contributed by atoms with Crippen LogP contribution >= 0.6 is 0 Å². The highest BCUT2D eigenvalue weighted by Crippen LogP contribution is 2.31. The van der Waals surface area contributed by atoms with E-state index in [-0.39, 0.29) is 0 Å². The maximum atomic E-state index is 5.40. The largest absolute Gasteiger partial charge is 0.497 e. The lowest BCUT2D eigenvalue weighted by molar-refractivity contribution is 0.397. The van der Waals surface area contributed by atoms with Gasteiger partial charge in [-0.1, -0.05) is 13.3 Å². The van der Waals surface area contributed by atoms with E-state index in [0.29, 0.717) is 0 Å². The molecule has 90 valence electrons. The summed E-state index contributed by atoms with van der Waals surface area (Å²) in [6.45, 7) is 2.13. The number of rotatable bonds is 4. The van der Waals surface area contributed by atoms with Crippen molar-refractivity contribution in [2.24, 2.45) is 0 Å². The molecule has 1 aromatic carbocycles. The Kier molecular flexibility index (Phi) is 3.42. The molecule has 0 aliphatic heterocycles. The predicted octanol–water partition coefficient (Wildman–Crippen LogP) is 2.60. The van der Waals surface area contributed by atoms with Crippen LogP contribution in [-0.2, 0) is 6.42 Å². The molecule has 0 N–H and O–H groups in total. The second-order valence-corrected chi connectivity index (χ2v) is 3.79. The molecule has 2 rings (SSSR count). The highest BCUT2D eigenvalue weighted by molar-refractivity contribution is 5.88. The van der Waals surface area contributed by atoms with Gasteiger partial charge in [0, 0.05) is 12.1 Å². The van der Waals surface area contributed by atoms with Crippen LogP contribution in [0.1, 0.15) is 19.0 Å². The number of benzene rings is 1. The average molecular weight is 232 g/mol. The molecule has 0 amide bonds. The third-order valence-electron chi connectivity index (χ3n) is 2.70. The third kappa shape index (κ3) is 2.16. The molecule has 17 heavy (non-hydrogen) atoms. The zero-order chi connectivity index (χ0) is 12.3. The van der Waals surface area contributed by atoms with E-state index in [1.54, 1.807) is 20.5 Å². The number of methoxy groups -OCH3 is 2. The van der Waals surface area contributed by atoms with E-state index in [1.165, 1.54) is 0 Å². The van der Waals surface area contributed by atoms with E-state index >= 15 is 0 Å². The zero-order valence-electron chi connectivity index (χ0n) is 10.4. The van der Waals surface area contributed by atoms with Gasteiger partial charge in [0.15, 0.2) is 0 Å². The Bertz CT molecular complexity index is 526. The van der Waals surface area contributed by atoms with Crippen LogP contribution in [0.15, 0.2) is 18.5 Å². The summed E-state index contributed by atoms with van der Waals surface area (Å²) in [4.78, 5) is 8.60. The van der Waals surface area contributed by atoms with Crippen LogP contribution < -0.4 is 9.47 Å². The van der Waals surface area contributed by atoms with Gasteiger partial charge in [0.25, 0.3) is 0 Å². The number of hydrogen-bond acceptors (Lipinski definition) is 4. The van der Waals surface area contributed by atoms with E-state index < -0.39 is 0 Å². The smallest absolute Gasteiger partial charge is 0.133 e. The summed E-state index contributed by atoms with van der Waals surface area (Å²) >= 11 is 0. The molecule has 0 saturated heterocycles. The molecule has 4 heteroatoms. The third-order valence-corrected chi connectivity index (χ3v) is 2.70. The lowest BCUT2D eigenvalue weighted by Crippen LogP contribution is -1.97. The molecular formula is C13H16N2O2. The highest BCUT2D eigenvalue weighted by Gasteiger charge is 2.11. The predicted molar refractivity (Wildman–Crippen MR) is 66.6 cm³/mol. The molecule has 0 bridgehead atoms. The fourth-order valence-corrected chi connectivity index (χ4v) is 1.90. The minimum absolute atomic E-state index is 0.746. The highest BCUT2D eigenvalue weighted by atomic mass is 16.5. The first-order chi connectivity index (χ1) is 8.30. The van der Waals surface area contributed by atoms with Gasteiger partial charge in [-0.25, -0.2) is 9.97 Å². The summed E-state index contributed by atoms with van der Waals surface area (Å²) in [6.07, 6.45) is 3.55. The van der Waals surface area contributed by atoms with Crippen LogP contribution in [0.25, 0.3) is 10.9 Å². The molecule has 1 aromatic heterocycles. The van der Waals surface area contributed by atoms with Crippen molar-refractivity contribution < 1.29 is 9.47 Å². The molecule has 0 radical (unpaired) electrons. The first-order valence-corrected chi connectivity index (χ1v) is 5.65. The number of aromatic nitrogens is 2. The van der Waals surface area contributed by atoms with Crippen molar-refractivity contribution in [2.75, 3.05) is 14.2 Å². The van der Waals surface area contributed by atoms with E-state index in [9.17, 15) is 0 Å². The molecule has 0 spiro atoms. The zero-order valence-corrected chi connectivity index (χ0v) is 10.4. The quantitative estimate of drug-likeness (QED) is 0.812. The summed E-state index contributed by atoms with van der Waals surface area (Å²) in [5.74, 6) is 1.51. The second-order valence-electron chi connectivity index (χ2n) is 3.79. The van der Waals surface area contributed by atoms with E-state index in [4.69, 9.17) is 9.47 Å². The monoisotopic (exact) mass is 232 g/mol. The lowest BCUT2D eigenvalue weighted by atomic mass is 10.1. The molecule has 0 saturated carbocycles. The molecular weight excluding hydrogens is 216 g/mol. The topological polar surface area (TPSA) is 44.2 Å². The van der Waals surface area contributed by atoms with Crippen LogP contribution in [0.3, 0.4) is 0 Å². The fourth-order valence-electron chi connectivity index (χ4n) is 1.90. The molecule has 1 heterocycles.